The van der Waals surface area contributed by atoms with Crippen LogP contribution in [0.4, 0.5) is 4.79 Å². The minimum Gasteiger partial charge on any atom is -0.480 e. The van der Waals surface area contributed by atoms with Crippen molar-refractivity contribution in [2.24, 2.45) is 0 Å². The van der Waals surface area contributed by atoms with E-state index in [9.17, 15) is 19.5 Å². The molecule has 0 saturated heterocycles. The Bertz CT molecular complexity index is 578. The lowest BCUT2D eigenvalue weighted by atomic mass is 10.2. The van der Waals surface area contributed by atoms with E-state index in [0.717, 1.165) is 10.5 Å². The molecular formula is C17H23NO6. The number of hydrogen-bond acceptors (Lipinski definition) is 5. The Labute approximate surface area is 141 Å². The Balaban J connectivity index is 2.63. The normalized spacial score (nSPS) is 12.2. The molecule has 7 heteroatoms. The van der Waals surface area contributed by atoms with Crippen molar-refractivity contribution in [3.63, 3.8) is 0 Å². The maximum atomic E-state index is 12.0. The molecule has 1 rings (SSSR count). The third-order valence-electron chi connectivity index (χ3n) is 3.04. The highest BCUT2D eigenvalue weighted by Gasteiger charge is 2.32. The number of rotatable bonds is 6. The van der Waals surface area contributed by atoms with Gasteiger partial charge in [0.25, 0.3) is 0 Å². The monoisotopic (exact) mass is 337 g/mol. The summed E-state index contributed by atoms with van der Waals surface area (Å²) in [6.07, 6.45) is -1.27. The van der Waals surface area contributed by atoms with E-state index < -0.39 is 36.1 Å². The van der Waals surface area contributed by atoms with Crippen molar-refractivity contribution in [1.29, 1.82) is 0 Å². The highest BCUT2D eigenvalue weighted by Crippen LogP contribution is 2.13. The number of likely N-dealkylation sites (N-methyl/N-ethyl adjacent to an activating group) is 1. The lowest BCUT2D eigenvalue weighted by molar-refractivity contribution is -0.152. The first-order valence-corrected chi connectivity index (χ1v) is 7.48. The molecule has 0 heterocycles. The van der Waals surface area contributed by atoms with Gasteiger partial charge in [-0.3, -0.25) is 9.69 Å². The summed E-state index contributed by atoms with van der Waals surface area (Å²) in [5.41, 5.74) is 0.0283. The number of benzene rings is 1. The predicted octanol–water partition coefficient (Wildman–Crippen LogP) is 2.44. The number of ether oxygens (including phenoxy) is 2. The van der Waals surface area contributed by atoms with Gasteiger partial charge in [0.05, 0.1) is 6.42 Å². The molecule has 7 nitrogen and oxygen atoms in total. The molecule has 1 N–H and O–H groups in total. The molecule has 1 aromatic carbocycles. The Kier molecular flexibility index (Phi) is 6.76. The van der Waals surface area contributed by atoms with E-state index >= 15 is 0 Å². The molecule has 1 aromatic rings. The van der Waals surface area contributed by atoms with Crippen LogP contribution in [0.25, 0.3) is 0 Å². The van der Waals surface area contributed by atoms with E-state index in [4.69, 9.17) is 9.47 Å². The first-order chi connectivity index (χ1) is 11.1. The third-order valence-corrected chi connectivity index (χ3v) is 3.04. The van der Waals surface area contributed by atoms with Gasteiger partial charge in [0, 0.05) is 7.05 Å². The second kappa shape index (κ2) is 8.33. The Hall–Kier alpha value is -2.57. The van der Waals surface area contributed by atoms with Crippen LogP contribution < -0.4 is 0 Å². The molecule has 132 valence electrons. The summed E-state index contributed by atoms with van der Waals surface area (Å²) < 4.78 is 10.2. The first kappa shape index (κ1) is 19.5. The SMILES string of the molecule is CN(C(=O)OC(C)(C)C)C(CC(=O)OCc1ccccc1)C(=O)O. The number of nitrogens with zero attached hydrogens (tertiary/aromatic N) is 1. The van der Waals surface area contributed by atoms with Crippen LogP contribution in [-0.4, -0.2) is 46.7 Å². The van der Waals surface area contributed by atoms with E-state index in [1.165, 1.54) is 7.05 Å². The zero-order valence-corrected chi connectivity index (χ0v) is 14.3. The Morgan fingerprint density at radius 2 is 1.75 bits per heavy atom. The molecule has 0 radical (unpaired) electrons. The minimum atomic E-state index is -1.36. The predicted molar refractivity (Wildman–Crippen MR) is 86.3 cm³/mol. The highest BCUT2D eigenvalue weighted by atomic mass is 16.6. The summed E-state index contributed by atoms with van der Waals surface area (Å²) in [6, 6.07) is 7.66. The average Bonchev–Trinajstić information content (AvgIpc) is 2.49. The smallest absolute Gasteiger partial charge is 0.410 e. The molecule has 0 spiro atoms. The van der Waals surface area contributed by atoms with Gasteiger partial charge in [-0.05, 0) is 26.3 Å². The molecule has 0 fully saturated rings. The van der Waals surface area contributed by atoms with Gasteiger partial charge in [-0.1, -0.05) is 30.3 Å². The van der Waals surface area contributed by atoms with Crippen molar-refractivity contribution in [3.05, 3.63) is 35.9 Å². The van der Waals surface area contributed by atoms with Crippen LogP contribution >= 0.6 is 0 Å². The fourth-order valence-corrected chi connectivity index (χ4v) is 1.81. The van der Waals surface area contributed by atoms with Crippen LogP contribution in [0.2, 0.25) is 0 Å². The molecule has 0 aliphatic carbocycles. The van der Waals surface area contributed by atoms with Crippen LogP contribution in [0.3, 0.4) is 0 Å². The molecule has 0 bridgehead atoms. The summed E-state index contributed by atoms with van der Waals surface area (Å²) in [5.74, 6) is -2.01. The molecule has 1 atom stereocenters. The lowest BCUT2D eigenvalue weighted by Crippen LogP contribution is -2.46. The number of carboxylic acid groups (broad SMARTS) is 1. The van der Waals surface area contributed by atoms with Crippen molar-refractivity contribution in [2.75, 3.05) is 7.05 Å². The standard InChI is InChI=1S/C17H23NO6/c1-17(2,3)24-16(22)18(4)13(15(20)21)10-14(19)23-11-12-8-6-5-7-9-12/h5-9,13H,10-11H2,1-4H3,(H,20,21). The van der Waals surface area contributed by atoms with Crippen LogP contribution in [0.1, 0.15) is 32.8 Å². The van der Waals surface area contributed by atoms with E-state index in [-0.39, 0.29) is 6.61 Å². The second-order valence-corrected chi connectivity index (χ2v) is 6.30. The molecule has 0 aliphatic heterocycles. The van der Waals surface area contributed by atoms with Crippen molar-refractivity contribution >= 4 is 18.0 Å². The van der Waals surface area contributed by atoms with Crippen molar-refractivity contribution < 1.29 is 29.0 Å². The van der Waals surface area contributed by atoms with Crippen molar-refractivity contribution in [2.45, 2.75) is 45.4 Å². The summed E-state index contributed by atoms with van der Waals surface area (Å²) >= 11 is 0. The van der Waals surface area contributed by atoms with E-state index in [1.807, 2.05) is 6.07 Å². The minimum absolute atomic E-state index is 0.0438. The summed E-state index contributed by atoms with van der Waals surface area (Å²) in [6.45, 7) is 5.05. The van der Waals surface area contributed by atoms with Gasteiger partial charge in [-0.2, -0.15) is 0 Å². The Morgan fingerprint density at radius 1 is 1.17 bits per heavy atom. The molecule has 0 saturated carbocycles. The maximum absolute atomic E-state index is 12.0. The largest absolute Gasteiger partial charge is 0.480 e. The number of carbonyl (C=O) groups is 3. The number of carbonyl (C=O) groups excluding carboxylic acids is 2. The fourth-order valence-electron chi connectivity index (χ4n) is 1.81. The summed E-state index contributed by atoms with van der Waals surface area (Å²) in [4.78, 5) is 36.1. The van der Waals surface area contributed by atoms with E-state index in [0.29, 0.717) is 0 Å². The van der Waals surface area contributed by atoms with E-state index in [1.54, 1.807) is 45.0 Å². The number of amides is 1. The number of aliphatic carboxylic acids is 1. The van der Waals surface area contributed by atoms with Gasteiger partial charge in [-0.15, -0.1) is 0 Å². The van der Waals surface area contributed by atoms with Gasteiger partial charge < -0.3 is 14.6 Å². The summed E-state index contributed by atoms with van der Waals surface area (Å²) in [7, 11) is 1.28. The van der Waals surface area contributed by atoms with Gasteiger partial charge in [0.15, 0.2) is 0 Å². The molecular weight excluding hydrogens is 314 g/mol. The zero-order valence-electron chi connectivity index (χ0n) is 14.3. The highest BCUT2D eigenvalue weighted by molar-refractivity contribution is 5.85. The quantitative estimate of drug-likeness (QED) is 0.802. The van der Waals surface area contributed by atoms with Crippen LogP contribution in [0.15, 0.2) is 30.3 Å². The molecule has 1 amide bonds. The molecule has 24 heavy (non-hydrogen) atoms. The van der Waals surface area contributed by atoms with E-state index in [2.05, 4.69) is 0 Å². The number of esters is 1. The second-order valence-electron chi connectivity index (χ2n) is 6.30. The average molecular weight is 337 g/mol. The summed E-state index contributed by atoms with van der Waals surface area (Å²) in [5, 5.41) is 9.27. The van der Waals surface area contributed by atoms with Gasteiger partial charge in [-0.25, -0.2) is 9.59 Å². The Morgan fingerprint density at radius 3 is 2.25 bits per heavy atom. The van der Waals surface area contributed by atoms with Gasteiger partial charge >= 0.3 is 18.0 Å². The van der Waals surface area contributed by atoms with Gasteiger partial charge in [0.2, 0.25) is 0 Å². The van der Waals surface area contributed by atoms with Crippen molar-refractivity contribution in [3.8, 4) is 0 Å². The zero-order chi connectivity index (χ0) is 18.3. The first-order valence-electron chi connectivity index (χ1n) is 7.48. The number of carboxylic acids is 1. The number of hydrogen-bond donors (Lipinski definition) is 1. The third kappa shape index (κ3) is 6.68. The maximum Gasteiger partial charge on any atom is 0.410 e. The molecule has 1 unspecified atom stereocenters. The lowest BCUT2D eigenvalue weighted by Gasteiger charge is -2.28. The fraction of sp³-hybridized carbons (Fsp3) is 0.471. The molecule has 0 aliphatic rings. The van der Waals surface area contributed by atoms with Gasteiger partial charge in [0.1, 0.15) is 18.2 Å². The topological polar surface area (TPSA) is 93.1 Å². The van der Waals surface area contributed by atoms with Crippen LogP contribution in [0, 0.1) is 0 Å². The molecule has 0 aromatic heterocycles. The van der Waals surface area contributed by atoms with Crippen molar-refractivity contribution in [1.82, 2.24) is 4.90 Å². The van der Waals surface area contributed by atoms with Crippen LogP contribution in [0.5, 0.6) is 0 Å². The van der Waals surface area contributed by atoms with Crippen LogP contribution in [-0.2, 0) is 25.7 Å².